The second kappa shape index (κ2) is 12.4. The molecule has 3 rings (SSSR count). The second-order valence-electron chi connectivity index (χ2n) is 7.12. The number of rotatable bonds is 6. The van der Waals surface area contributed by atoms with Crippen molar-refractivity contribution in [3.05, 3.63) is 60.3 Å². The molecular weight excluding hydrogens is 491 g/mol. The van der Waals surface area contributed by atoms with Gasteiger partial charge in [-0.2, -0.15) is 0 Å². The zero-order valence-electron chi connectivity index (χ0n) is 17.7. The molecule has 2 aromatic rings. The van der Waals surface area contributed by atoms with E-state index >= 15 is 0 Å². The topological polar surface area (TPSA) is 64.1 Å². The molecule has 30 heavy (non-hydrogen) atoms. The Bertz CT molecular complexity index is 794. The molecule has 8 heteroatoms. The Morgan fingerprint density at radius 2 is 1.80 bits per heavy atom. The van der Waals surface area contributed by atoms with Crippen LogP contribution in [0.4, 0.5) is 5.82 Å². The van der Waals surface area contributed by atoms with Gasteiger partial charge in [-0.1, -0.05) is 36.4 Å². The van der Waals surface area contributed by atoms with Gasteiger partial charge in [0.15, 0.2) is 5.96 Å². The molecule has 0 bridgehead atoms. The van der Waals surface area contributed by atoms with E-state index in [0.29, 0.717) is 13.0 Å². The van der Waals surface area contributed by atoms with Crippen LogP contribution in [0.3, 0.4) is 0 Å². The molecule has 0 aliphatic carbocycles. The number of hydrogen-bond donors (Lipinski definition) is 1. The molecule has 1 aromatic heterocycles. The Morgan fingerprint density at radius 3 is 2.43 bits per heavy atom. The van der Waals surface area contributed by atoms with Crippen molar-refractivity contribution in [3.8, 4) is 0 Å². The van der Waals surface area contributed by atoms with Crippen LogP contribution in [-0.2, 0) is 11.3 Å². The van der Waals surface area contributed by atoms with Crippen molar-refractivity contribution in [3.63, 3.8) is 0 Å². The Hall–Kier alpha value is -2.36. The lowest BCUT2D eigenvalue weighted by Crippen LogP contribution is -2.49. The van der Waals surface area contributed by atoms with E-state index in [1.165, 1.54) is 5.56 Å². The van der Waals surface area contributed by atoms with E-state index in [1.807, 2.05) is 48.3 Å². The highest BCUT2D eigenvalue weighted by Crippen LogP contribution is 2.13. The van der Waals surface area contributed by atoms with Gasteiger partial charge in [-0.25, -0.2) is 4.98 Å². The summed E-state index contributed by atoms with van der Waals surface area (Å²) in [7, 11) is 3.77. The van der Waals surface area contributed by atoms with E-state index in [0.717, 1.165) is 44.5 Å². The number of carbonyl (C=O) groups excluding carboxylic acids is 1. The average Bonchev–Trinajstić information content (AvgIpc) is 2.78. The standard InChI is InChI=1S/C22H30N6O.HI/c1-23-22(26(2)18-19-8-4-3-5-9-19)25-13-11-21(29)28-16-14-27(15-17-28)20-10-6-7-12-24-20;/h3-10,12H,11,13-18H2,1-2H3,(H,23,25);1H. The lowest BCUT2D eigenvalue weighted by Gasteiger charge is -2.35. The molecule has 0 saturated carbocycles. The summed E-state index contributed by atoms with van der Waals surface area (Å²) in [6.07, 6.45) is 2.27. The molecule has 1 fully saturated rings. The first kappa shape index (κ1) is 23.9. The van der Waals surface area contributed by atoms with Crippen LogP contribution in [0.5, 0.6) is 0 Å². The van der Waals surface area contributed by atoms with Crippen LogP contribution in [0.15, 0.2) is 59.7 Å². The number of aromatic nitrogens is 1. The minimum absolute atomic E-state index is 0. The monoisotopic (exact) mass is 522 g/mol. The van der Waals surface area contributed by atoms with E-state index in [-0.39, 0.29) is 29.9 Å². The highest BCUT2D eigenvalue weighted by atomic mass is 127. The van der Waals surface area contributed by atoms with Crippen molar-refractivity contribution in [1.82, 2.24) is 20.1 Å². The van der Waals surface area contributed by atoms with Crippen molar-refractivity contribution in [2.45, 2.75) is 13.0 Å². The largest absolute Gasteiger partial charge is 0.356 e. The van der Waals surface area contributed by atoms with Crippen molar-refractivity contribution in [2.24, 2.45) is 4.99 Å². The van der Waals surface area contributed by atoms with Crippen LogP contribution in [0, 0.1) is 0 Å². The quantitative estimate of drug-likeness (QED) is 0.359. The molecular formula is C22H31IN6O. The molecule has 1 aromatic carbocycles. The van der Waals surface area contributed by atoms with Gasteiger partial charge in [-0.3, -0.25) is 9.79 Å². The van der Waals surface area contributed by atoms with Crippen LogP contribution in [0.2, 0.25) is 0 Å². The second-order valence-corrected chi connectivity index (χ2v) is 7.12. The fourth-order valence-corrected chi connectivity index (χ4v) is 3.48. The fraction of sp³-hybridized carbons (Fsp3) is 0.409. The summed E-state index contributed by atoms with van der Waals surface area (Å²) in [5.41, 5.74) is 1.22. The Balaban J connectivity index is 0.00000320. The number of hydrogen-bond acceptors (Lipinski definition) is 4. The summed E-state index contributed by atoms with van der Waals surface area (Å²) >= 11 is 0. The number of nitrogens with one attached hydrogen (secondary N) is 1. The van der Waals surface area contributed by atoms with E-state index in [4.69, 9.17) is 0 Å². The van der Waals surface area contributed by atoms with E-state index < -0.39 is 0 Å². The first-order valence-corrected chi connectivity index (χ1v) is 10.1. The number of benzene rings is 1. The number of guanidine groups is 1. The van der Waals surface area contributed by atoms with Crippen molar-refractivity contribution in [2.75, 3.05) is 51.7 Å². The maximum atomic E-state index is 12.6. The van der Waals surface area contributed by atoms with Gasteiger partial charge in [-0.05, 0) is 17.7 Å². The van der Waals surface area contributed by atoms with Gasteiger partial charge in [-0.15, -0.1) is 24.0 Å². The molecule has 0 atom stereocenters. The number of anilines is 1. The van der Waals surface area contributed by atoms with Gasteiger partial charge < -0.3 is 20.0 Å². The molecule has 0 radical (unpaired) electrons. The molecule has 1 N–H and O–H groups in total. The van der Waals surface area contributed by atoms with Crippen molar-refractivity contribution < 1.29 is 4.79 Å². The average molecular weight is 522 g/mol. The van der Waals surface area contributed by atoms with E-state index in [9.17, 15) is 4.79 Å². The number of pyridine rings is 1. The number of piperazine rings is 1. The minimum Gasteiger partial charge on any atom is -0.356 e. The molecule has 1 aliphatic heterocycles. The number of halogens is 1. The third-order valence-corrected chi connectivity index (χ3v) is 5.06. The van der Waals surface area contributed by atoms with Crippen LogP contribution >= 0.6 is 24.0 Å². The number of nitrogens with zero attached hydrogens (tertiary/aromatic N) is 5. The zero-order chi connectivity index (χ0) is 20.5. The molecule has 0 unspecified atom stereocenters. The highest BCUT2D eigenvalue weighted by Gasteiger charge is 2.21. The normalized spacial score (nSPS) is 14.1. The summed E-state index contributed by atoms with van der Waals surface area (Å²) in [5.74, 6) is 1.95. The number of amides is 1. The predicted octanol–water partition coefficient (Wildman–Crippen LogP) is 2.45. The van der Waals surface area contributed by atoms with Gasteiger partial charge in [0.1, 0.15) is 5.82 Å². The number of aliphatic imine (C=N–C) groups is 1. The highest BCUT2D eigenvalue weighted by molar-refractivity contribution is 14.0. The summed E-state index contributed by atoms with van der Waals surface area (Å²) < 4.78 is 0. The summed E-state index contributed by atoms with van der Waals surface area (Å²) in [4.78, 5) is 27.5. The third-order valence-electron chi connectivity index (χ3n) is 5.06. The van der Waals surface area contributed by atoms with E-state index in [1.54, 1.807) is 13.2 Å². The van der Waals surface area contributed by atoms with Crippen molar-refractivity contribution in [1.29, 1.82) is 0 Å². The number of carbonyl (C=O) groups is 1. The van der Waals surface area contributed by atoms with Crippen LogP contribution < -0.4 is 10.2 Å². The first-order valence-electron chi connectivity index (χ1n) is 10.1. The smallest absolute Gasteiger partial charge is 0.224 e. The van der Waals surface area contributed by atoms with Gasteiger partial charge in [0.05, 0.1) is 0 Å². The lowest BCUT2D eigenvalue weighted by molar-refractivity contribution is -0.131. The van der Waals surface area contributed by atoms with Crippen LogP contribution in [0.1, 0.15) is 12.0 Å². The fourth-order valence-electron chi connectivity index (χ4n) is 3.48. The molecule has 1 amide bonds. The molecule has 7 nitrogen and oxygen atoms in total. The van der Waals surface area contributed by atoms with Crippen LogP contribution in [-0.4, -0.2) is 73.5 Å². The molecule has 1 aliphatic rings. The van der Waals surface area contributed by atoms with Crippen molar-refractivity contribution >= 4 is 41.7 Å². The molecule has 1 saturated heterocycles. The summed E-state index contributed by atoms with van der Waals surface area (Å²) in [6.45, 7) is 4.44. The zero-order valence-corrected chi connectivity index (χ0v) is 20.0. The van der Waals surface area contributed by atoms with Gasteiger partial charge in [0, 0.05) is 66.0 Å². The molecule has 2 heterocycles. The summed E-state index contributed by atoms with van der Waals surface area (Å²) in [6, 6.07) is 16.2. The van der Waals surface area contributed by atoms with Gasteiger partial charge >= 0.3 is 0 Å². The minimum atomic E-state index is 0. The maximum absolute atomic E-state index is 12.6. The Morgan fingerprint density at radius 1 is 1.10 bits per heavy atom. The van der Waals surface area contributed by atoms with Gasteiger partial charge in [0.25, 0.3) is 0 Å². The molecule has 0 spiro atoms. The Labute approximate surface area is 196 Å². The van der Waals surface area contributed by atoms with Gasteiger partial charge in [0.2, 0.25) is 5.91 Å². The third kappa shape index (κ3) is 6.86. The maximum Gasteiger partial charge on any atom is 0.224 e. The molecule has 162 valence electrons. The SMILES string of the molecule is CN=C(NCCC(=O)N1CCN(c2ccccn2)CC1)N(C)Cc1ccccc1.I. The summed E-state index contributed by atoms with van der Waals surface area (Å²) in [5, 5.41) is 3.30. The first-order chi connectivity index (χ1) is 14.2. The van der Waals surface area contributed by atoms with E-state index in [2.05, 4.69) is 37.2 Å². The Kier molecular flexibility index (Phi) is 9.85. The van der Waals surface area contributed by atoms with Crippen LogP contribution in [0.25, 0.3) is 0 Å². The lowest BCUT2D eigenvalue weighted by atomic mass is 10.2. The predicted molar refractivity (Wildman–Crippen MR) is 132 cm³/mol.